The number of likely N-dealkylation sites (tertiary alicyclic amines) is 2. The predicted octanol–water partition coefficient (Wildman–Crippen LogP) is 9.98. The molecule has 8 rings (SSSR count). The van der Waals surface area contributed by atoms with E-state index in [-0.39, 0.29) is 17.1 Å². The van der Waals surface area contributed by atoms with Crippen molar-refractivity contribution in [1.82, 2.24) is 18.9 Å². The Balaban J connectivity index is 0.000000207. The Morgan fingerprint density at radius 1 is 0.571 bits per heavy atom. The summed E-state index contributed by atoms with van der Waals surface area (Å²) in [5.74, 6) is 2.66. The van der Waals surface area contributed by atoms with E-state index in [1.165, 1.54) is 9.79 Å². The molecule has 0 amide bonds. The van der Waals surface area contributed by atoms with Crippen LogP contribution in [0.15, 0.2) is 141 Å². The first-order valence-electron chi connectivity index (χ1n) is 24.6. The molecule has 70 heavy (non-hydrogen) atoms. The van der Waals surface area contributed by atoms with Crippen molar-refractivity contribution in [2.75, 3.05) is 71.6 Å². The fraction of sp³-hybridized carbons (Fsp3) is 0.429. The molecule has 2 aliphatic rings. The summed E-state index contributed by atoms with van der Waals surface area (Å²) >= 11 is 3.71. The second kappa shape index (κ2) is 25.5. The van der Waals surface area contributed by atoms with Gasteiger partial charge in [0, 0.05) is 71.7 Å². The zero-order valence-electron chi connectivity index (χ0n) is 40.9. The van der Waals surface area contributed by atoms with Crippen LogP contribution in [0.4, 0.5) is 0 Å². The summed E-state index contributed by atoms with van der Waals surface area (Å²) in [5, 5.41) is 12.0. The number of rotatable bonds is 21. The average molecular weight is 989 g/mol. The molecule has 372 valence electrons. The molecule has 0 aliphatic carbocycles. The Labute approximate surface area is 420 Å². The molecular formula is C56H68N4O8S2. The minimum absolute atomic E-state index is 0.0355. The Bertz CT molecular complexity index is 2750. The largest absolute Gasteiger partial charge is 0.497 e. The Hall–Kier alpha value is -5.54. The number of aromatic nitrogens is 2. The van der Waals surface area contributed by atoms with Gasteiger partial charge in [-0.05, 0) is 156 Å². The predicted molar refractivity (Wildman–Crippen MR) is 283 cm³/mol. The quantitative estimate of drug-likeness (QED) is 0.0544. The van der Waals surface area contributed by atoms with Crippen LogP contribution < -0.4 is 20.6 Å². The van der Waals surface area contributed by atoms with Crippen molar-refractivity contribution in [1.29, 1.82) is 0 Å². The maximum atomic E-state index is 13.1. The zero-order valence-corrected chi connectivity index (χ0v) is 42.5. The van der Waals surface area contributed by atoms with Crippen LogP contribution in [0.1, 0.15) is 58.3 Å². The highest BCUT2D eigenvalue weighted by Crippen LogP contribution is 2.39. The van der Waals surface area contributed by atoms with Crippen LogP contribution in [0.5, 0.6) is 11.5 Å². The van der Waals surface area contributed by atoms with Crippen LogP contribution in [-0.2, 0) is 27.4 Å². The Kier molecular flexibility index (Phi) is 19.1. The van der Waals surface area contributed by atoms with Crippen LogP contribution >= 0.6 is 23.5 Å². The van der Waals surface area contributed by atoms with Gasteiger partial charge >= 0.3 is 11.9 Å². The SMILES string of the molecule is CCOC(=O)C1(CCCn2c(=O)ccc3ccc(OC)cc32)CCN(CCSc2ccccc2)CC1.COc1ccc2ccc(=O)n(CCCC3(C(=O)O)CCN(CCSc4ccccc4)CC3)c2c1. The number of carbonyl (C=O) groups is 2. The van der Waals surface area contributed by atoms with Gasteiger partial charge in [0.25, 0.3) is 11.1 Å². The topological polar surface area (TPSA) is 133 Å². The monoisotopic (exact) mass is 988 g/mol. The van der Waals surface area contributed by atoms with E-state index in [2.05, 4.69) is 46.2 Å². The number of carboxylic acids is 1. The van der Waals surface area contributed by atoms with E-state index in [4.69, 9.17) is 14.2 Å². The normalized spacial score (nSPS) is 15.8. The summed E-state index contributed by atoms with van der Waals surface area (Å²) in [6.07, 6.45) is 5.55. The van der Waals surface area contributed by atoms with E-state index in [1.54, 1.807) is 35.5 Å². The number of carboxylic acid groups (broad SMARTS) is 1. The number of nitrogens with zero attached hydrogens (tertiary/aromatic N) is 4. The van der Waals surface area contributed by atoms with Crippen molar-refractivity contribution in [3.8, 4) is 11.5 Å². The lowest BCUT2D eigenvalue weighted by Gasteiger charge is -2.40. The van der Waals surface area contributed by atoms with Gasteiger partial charge in [-0.3, -0.25) is 19.2 Å². The van der Waals surface area contributed by atoms with Crippen molar-refractivity contribution in [2.45, 2.75) is 81.2 Å². The van der Waals surface area contributed by atoms with Crippen molar-refractivity contribution in [2.24, 2.45) is 10.8 Å². The number of hydrogen-bond donors (Lipinski definition) is 1. The number of fused-ring (bicyclic) bond motifs is 2. The molecule has 0 atom stereocenters. The van der Waals surface area contributed by atoms with Gasteiger partial charge in [0.15, 0.2) is 0 Å². The van der Waals surface area contributed by atoms with Gasteiger partial charge in [-0.15, -0.1) is 23.5 Å². The third-order valence-corrected chi connectivity index (χ3v) is 16.1. The van der Waals surface area contributed by atoms with Gasteiger partial charge in [0.2, 0.25) is 0 Å². The number of ether oxygens (including phenoxy) is 3. The first-order chi connectivity index (χ1) is 34.0. The van der Waals surface area contributed by atoms with E-state index in [9.17, 15) is 24.3 Å². The minimum Gasteiger partial charge on any atom is -0.497 e. The van der Waals surface area contributed by atoms with Crippen LogP contribution in [0.25, 0.3) is 21.8 Å². The number of methoxy groups -OCH3 is 2. The number of aliphatic carboxylic acids is 1. The molecular weight excluding hydrogens is 921 g/mol. The number of piperidine rings is 2. The second-order valence-electron chi connectivity index (χ2n) is 18.3. The van der Waals surface area contributed by atoms with Gasteiger partial charge in [0.05, 0.1) is 42.7 Å². The molecule has 0 radical (unpaired) electrons. The molecule has 2 fully saturated rings. The van der Waals surface area contributed by atoms with Gasteiger partial charge in [-0.1, -0.05) is 36.4 Å². The molecule has 0 unspecified atom stereocenters. The summed E-state index contributed by atoms with van der Waals surface area (Å²) in [4.78, 5) is 58.0. The number of hydrogen-bond acceptors (Lipinski definition) is 11. The van der Waals surface area contributed by atoms with E-state index in [0.29, 0.717) is 57.6 Å². The Morgan fingerprint density at radius 3 is 1.40 bits per heavy atom. The maximum Gasteiger partial charge on any atom is 0.312 e. The number of aryl methyl sites for hydroxylation is 2. The van der Waals surface area contributed by atoms with Crippen molar-refractivity contribution < 1.29 is 28.9 Å². The number of thioether (sulfide) groups is 2. The highest BCUT2D eigenvalue weighted by Gasteiger charge is 2.42. The van der Waals surface area contributed by atoms with Crippen LogP contribution in [0, 0.1) is 10.8 Å². The second-order valence-corrected chi connectivity index (χ2v) is 20.6. The molecule has 0 saturated carbocycles. The summed E-state index contributed by atoms with van der Waals surface area (Å²) in [6.45, 7) is 8.65. The lowest BCUT2D eigenvalue weighted by atomic mass is 9.74. The number of esters is 1. The molecule has 2 aliphatic heterocycles. The Morgan fingerprint density at radius 2 is 0.986 bits per heavy atom. The lowest BCUT2D eigenvalue weighted by Crippen LogP contribution is -2.46. The van der Waals surface area contributed by atoms with Crippen molar-refractivity contribution >= 4 is 57.3 Å². The molecule has 6 aromatic rings. The summed E-state index contributed by atoms with van der Waals surface area (Å²) < 4.78 is 19.8. The minimum atomic E-state index is -0.713. The van der Waals surface area contributed by atoms with Crippen LogP contribution in [-0.4, -0.2) is 108 Å². The van der Waals surface area contributed by atoms with Crippen molar-refractivity contribution in [3.63, 3.8) is 0 Å². The molecule has 1 N–H and O–H groups in total. The highest BCUT2D eigenvalue weighted by atomic mass is 32.2. The third-order valence-electron chi connectivity index (χ3n) is 14.1. The fourth-order valence-corrected chi connectivity index (χ4v) is 11.7. The van der Waals surface area contributed by atoms with E-state index in [1.807, 2.05) is 103 Å². The average Bonchev–Trinajstić information content (AvgIpc) is 3.39. The van der Waals surface area contributed by atoms with E-state index < -0.39 is 16.8 Å². The standard InChI is InChI=1S/C29H36N2O4S.C27H32N2O4S/c1-3-35-28(33)29(15-18-30(19-16-29)20-21-36-25-8-5-4-6-9-25)14-7-17-31-26-22-24(34-2)12-10-23(26)11-13-27(31)32;1-33-22-10-8-21-9-11-25(30)29(24(21)20-22)15-5-12-27(26(31)32)13-16-28(17-14-27)18-19-34-23-6-3-2-4-7-23/h4-6,8-13,22H,3,7,14-21H2,1-2H3;2-4,6-11,20H,5,12-19H2,1H3,(H,31,32). The first-order valence-corrected chi connectivity index (χ1v) is 26.6. The number of carbonyl (C=O) groups excluding carboxylic acids is 1. The zero-order chi connectivity index (χ0) is 49.4. The van der Waals surface area contributed by atoms with Gasteiger partial charge in [-0.25, -0.2) is 0 Å². The molecule has 2 saturated heterocycles. The first kappa shape index (κ1) is 52.3. The molecule has 4 aromatic carbocycles. The number of benzene rings is 4. The number of pyridine rings is 2. The lowest BCUT2D eigenvalue weighted by molar-refractivity contribution is -0.159. The van der Waals surface area contributed by atoms with E-state index in [0.717, 1.165) is 97.6 Å². The van der Waals surface area contributed by atoms with E-state index >= 15 is 0 Å². The van der Waals surface area contributed by atoms with Crippen LogP contribution in [0.2, 0.25) is 0 Å². The highest BCUT2D eigenvalue weighted by molar-refractivity contribution is 7.99. The van der Waals surface area contributed by atoms with Gasteiger partial charge in [-0.2, -0.15) is 0 Å². The third kappa shape index (κ3) is 13.7. The van der Waals surface area contributed by atoms with Gasteiger partial charge in [0.1, 0.15) is 11.5 Å². The van der Waals surface area contributed by atoms with Gasteiger partial charge < -0.3 is 38.3 Å². The molecule has 12 nitrogen and oxygen atoms in total. The summed E-state index contributed by atoms with van der Waals surface area (Å²) in [6, 6.07) is 39.1. The molecule has 0 bridgehead atoms. The summed E-state index contributed by atoms with van der Waals surface area (Å²) in [7, 11) is 3.23. The molecule has 4 heterocycles. The van der Waals surface area contributed by atoms with Crippen molar-refractivity contribution in [3.05, 3.63) is 142 Å². The summed E-state index contributed by atoms with van der Waals surface area (Å²) in [5.41, 5.74) is 0.377. The molecule has 2 aromatic heterocycles. The molecule has 0 spiro atoms. The van der Waals surface area contributed by atoms with Crippen LogP contribution in [0.3, 0.4) is 0 Å². The maximum absolute atomic E-state index is 13.1. The fourth-order valence-electron chi connectivity index (χ4n) is 9.84. The smallest absolute Gasteiger partial charge is 0.312 e. The molecule has 14 heteroatoms.